The van der Waals surface area contributed by atoms with E-state index in [1.807, 2.05) is 48.5 Å². The highest BCUT2D eigenvalue weighted by molar-refractivity contribution is 5.03. The first-order valence-electron chi connectivity index (χ1n) is 7.54. The summed E-state index contributed by atoms with van der Waals surface area (Å²) in [7, 11) is 0. The van der Waals surface area contributed by atoms with Crippen LogP contribution >= 0.6 is 0 Å². The second kappa shape index (κ2) is 9.11. The molecule has 5 nitrogen and oxygen atoms in total. The van der Waals surface area contributed by atoms with Crippen molar-refractivity contribution >= 4 is 0 Å². The molecule has 2 N–H and O–H groups in total. The molecule has 0 bridgehead atoms. The number of nitrogens with two attached hydrogens (primary N) is 1. The van der Waals surface area contributed by atoms with Gasteiger partial charge in [0.05, 0.1) is 17.2 Å². The van der Waals surface area contributed by atoms with E-state index >= 15 is 0 Å². The monoisotopic (exact) mass is 298 g/mol. The molecule has 0 aliphatic heterocycles. The Labute approximate surface area is 130 Å². The Hall–Kier alpha value is -0.990. The maximum absolute atomic E-state index is 9.03. The molecular formula is C16H34N4O. The minimum absolute atomic E-state index is 0.139. The summed E-state index contributed by atoms with van der Waals surface area (Å²) in [6, 6.07) is 2.22. The maximum Gasteiger partial charge on any atom is 0.164 e. The van der Waals surface area contributed by atoms with E-state index in [-0.39, 0.29) is 11.1 Å². The fraction of sp³-hybridized carbons (Fsp3) is 0.938. The molecule has 124 valence electrons. The third-order valence-electron chi connectivity index (χ3n) is 2.79. The number of rotatable bonds is 5. The first-order valence-corrected chi connectivity index (χ1v) is 7.54. The van der Waals surface area contributed by atoms with E-state index in [9.17, 15) is 0 Å². The van der Waals surface area contributed by atoms with E-state index in [2.05, 4.69) is 35.0 Å². The molecule has 0 amide bonds. The molecule has 0 saturated heterocycles. The predicted octanol–water partition coefficient (Wildman–Crippen LogP) is 4.63. The van der Waals surface area contributed by atoms with Gasteiger partial charge in [0, 0.05) is 0 Å². The maximum atomic E-state index is 9.03. The van der Waals surface area contributed by atoms with Gasteiger partial charge in [-0.05, 0) is 60.3 Å². The molecule has 0 aromatic rings. The first-order chi connectivity index (χ1) is 9.31. The number of nitriles is 1. The first kappa shape index (κ1) is 22.3. The van der Waals surface area contributed by atoms with Gasteiger partial charge in [0.15, 0.2) is 5.54 Å². The van der Waals surface area contributed by atoms with Crippen LogP contribution in [0.5, 0.6) is 0 Å². The van der Waals surface area contributed by atoms with Crippen molar-refractivity contribution in [2.75, 3.05) is 0 Å². The van der Waals surface area contributed by atoms with Crippen molar-refractivity contribution in [1.82, 2.24) is 0 Å². The van der Waals surface area contributed by atoms with E-state index in [4.69, 9.17) is 11.2 Å². The fourth-order valence-corrected chi connectivity index (χ4v) is 1.25. The molecule has 5 heteroatoms. The van der Waals surface area contributed by atoms with Crippen molar-refractivity contribution in [2.45, 2.75) is 91.8 Å². The molecule has 1 atom stereocenters. The smallest absolute Gasteiger partial charge is 0.164 e. The van der Waals surface area contributed by atoms with Gasteiger partial charge in [-0.2, -0.15) is 15.5 Å². The van der Waals surface area contributed by atoms with E-state index in [0.717, 1.165) is 12.8 Å². The van der Waals surface area contributed by atoms with E-state index in [1.54, 1.807) is 0 Å². The average Bonchev–Trinajstić information content (AvgIpc) is 2.36. The molecule has 0 saturated carbocycles. The molecular weight excluding hydrogens is 264 g/mol. The van der Waals surface area contributed by atoms with Gasteiger partial charge in [0.1, 0.15) is 0 Å². The van der Waals surface area contributed by atoms with Crippen molar-refractivity contribution in [1.29, 1.82) is 5.26 Å². The molecule has 0 radical (unpaired) electrons. The van der Waals surface area contributed by atoms with Crippen molar-refractivity contribution < 1.29 is 4.84 Å². The highest BCUT2D eigenvalue weighted by Gasteiger charge is 2.25. The van der Waals surface area contributed by atoms with Crippen molar-refractivity contribution in [3.8, 4) is 6.07 Å². The minimum Gasteiger partial charge on any atom is -0.299 e. The van der Waals surface area contributed by atoms with Gasteiger partial charge >= 0.3 is 0 Å². The molecule has 0 aliphatic rings. The van der Waals surface area contributed by atoms with Gasteiger partial charge < -0.3 is 0 Å². The summed E-state index contributed by atoms with van der Waals surface area (Å²) in [4.78, 5) is 4.59. The third kappa shape index (κ3) is 13.7. The van der Waals surface area contributed by atoms with Gasteiger partial charge in [0.2, 0.25) is 0 Å². The fourth-order valence-electron chi connectivity index (χ4n) is 1.25. The van der Waals surface area contributed by atoms with Crippen LogP contribution in [0.3, 0.4) is 0 Å². The summed E-state index contributed by atoms with van der Waals surface area (Å²) in [6.07, 6.45) is 1.70. The van der Waals surface area contributed by atoms with Crippen LogP contribution in [0.4, 0.5) is 0 Å². The largest absolute Gasteiger partial charge is 0.299 e. The van der Waals surface area contributed by atoms with Crippen LogP contribution in [-0.4, -0.2) is 16.7 Å². The number of azo groups is 1. The minimum atomic E-state index is -0.665. The Balaban J connectivity index is 0. The summed E-state index contributed by atoms with van der Waals surface area (Å²) < 4.78 is 0. The summed E-state index contributed by atoms with van der Waals surface area (Å²) in [5, 5.41) is 17.3. The molecule has 0 aliphatic carbocycles. The van der Waals surface area contributed by atoms with Crippen LogP contribution in [-0.2, 0) is 4.84 Å². The van der Waals surface area contributed by atoms with Crippen LogP contribution in [0.25, 0.3) is 0 Å². The van der Waals surface area contributed by atoms with E-state index < -0.39 is 5.54 Å². The van der Waals surface area contributed by atoms with Gasteiger partial charge in [-0.1, -0.05) is 20.8 Å². The molecule has 0 fully saturated rings. The highest BCUT2D eigenvalue weighted by Crippen LogP contribution is 2.22. The second-order valence-electron chi connectivity index (χ2n) is 7.59. The Kier molecular flexibility index (Phi) is 9.68. The second-order valence-corrected chi connectivity index (χ2v) is 7.59. The highest BCUT2D eigenvalue weighted by atomic mass is 16.6. The summed E-state index contributed by atoms with van der Waals surface area (Å²) in [5.41, 5.74) is -1.00. The van der Waals surface area contributed by atoms with Crippen molar-refractivity contribution in [3.63, 3.8) is 0 Å². The lowest BCUT2D eigenvalue weighted by Crippen LogP contribution is -2.26. The molecule has 0 aromatic carbocycles. The van der Waals surface area contributed by atoms with E-state index in [0.29, 0.717) is 5.92 Å². The molecule has 0 rings (SSSR count). The molecule has 0 heterocycles. The van der Waals surface area contributed by atoms with Crippen LogP contribution < -0.4 is 5.90 Å². The predicted molar refractivity (Wildman–Crippen MR) is 87.7 cm³/mol. The van der Waals surface area contributed by atoms with Gasteiger partial charge in [-0.3, -0.25) is 4.84 Å². The molecule has 1 unspecified atom stereocenters. The normalized spacial score (nSPS) is 15.3. The zero-order valence-corrected chi connectivity index (χ0v) is 15.3. The van der Waals surface area contributed by atoms with Crippen LogP contribution in [0.1, 0.15) is 75.2 Å². The van der Waals surface area contributed by atoms with Gasteiger partial charge in [-0.25, -0.2) is 5.90 Å². The molecule has 0 spiro atoms. The zero-order valence-electron chi connectivity index (χ0n) is 15.3. The SMILES string of the molecule is CC(C)CC(C)(C#N)N=NC(C)(C)C.CCC(C)(C)ON. The zero-order chi connectivity index (χ0) is 17.3. The summed E-state index contributed by atoms with van der Waals surface area (Å²) in [6.45, 7) is 17.9. The van der Waals surface area contributed by atoms with E-state index in [1.165, 1.54) is 0 Å². The lowest BCUT2D eigenvalue weighted by molar-refractivity contribution is -0.0217. The Morgan fingerprint density at radius 1 is 1.10 bits per heavy atom. The van der Waals surface area contributed by atoms with Crippen molar-refractivity contribution in [3.05, 3.63) is 0 Å². The number of nitrogens with zero attached hydrogens (tertiary/aromatic N) is 3. The lowest BCUT2D eigenvalue weighted by Gasteiger charge is -2.19. The quantitative estimate of drug-likeness (QED) is 0.593. The van der Waals surface area contributed by atoms with Crippen LogP contribution in [0, 0.1) is 17.2 Å². The summed E-state index contributed by atoms with van der Waals surface area (Å²) in [5.74, 6) is 5.37. The topological polar surface area (TPSA) is 83.8 Å². The van der Waals surface area contributed by atoms with Gasteiger partial charge in [-0.15, -0.1) is 0 Å². The number of hydrogen-bond acceptors (Lipinski definition) is 5. The van der Waals surface area contributed by atoms with Crippen LogP contribution in [0.2, 0.25) is 0 Å². The third-order valence-corrected chi connectivity index (χ3v) is 2.79. The average molecular weight is 298 g/mol. The molecule has 0 aromatic heterocycles. The van der Waals surface area contributed by atoms with Gasteiger partial charge in [0.25, 0.3) is 0 Å². The number of hydrogen-bond donors (Lipinski definition) is 1. The van der Waals surface area contributed by atoms with Crippen LogP contribution in [0.15, 0.2) is 10.2 Å². The van der Waals surface area contributed by atoms with Crippen molar-refractivity contribution in [2.24, 2.45) is 22.0 Å². The lowest BCUT2D eigenvalue weighted by atomic mass is 9.93. The Morgan fingerprint density at radius 3 is 1.76 bits per heavy atom. The summed E-state index contributed by atoms with van der Waals surface area (Å²) >= 11 is 0. The Bertz CT molecular complexity index is 344. The molecule has 21 heavy (non-hydrogen) atoms. The Morgan fingerprint density at radius 2 is 1.57 bits per heavy atom. The standard InChI is InChI=1S/C11H21N3.C5H13NO/c1-9(2)7-11(6,8-12)14-13-10(3,4)5;1-4-5(2,3)7-6/h9H,7H2,1-6H3;4,6H2,1-3H3.